The highest BCUT2D eigenvalue weighted by Gasteiger charge is 2.33. The second kappa shape index (κ2) is 7.32. The Balaban J connectivity index is 1.96. The van der Waals surface area contributed by atoms with Crippen molar-refractivity contribution in [1.82, 2.24) is 15.2 Å². The third kappa shape index (κ3) is 4.25. The first-order valence-electron chi connectivity index (χ1n) is 6.80. The minimum atomic E-state index is -0.690. The lowest BCUT2D eigenvalue weighted by Crippen LogP contribution is -2.57. The number of esters is 1. The van der Waals surface area contributed by atoms with Crippen molar-refractivity contribution in [1.29, 1.82) is 0 Å². The molecule has 1 aliphatic heterocycles. The fourth-order valence-corrected chi connectivity index (χ4v) is 2.87. The lowest BCUT2D eigenvalue weighted by atomic mass is 10.1. The number of nitrogens with zero attached hydrogens (tertiary/aromatic N) is 2. The maximum atomic E-state index is 12.1. The number of amides is 2. The highest BCUT2D eigenvalue weighted by atomic mass is 32.1. The maximum Gasteiger partial charge on any atom is 0.307 e. The molecule has 2 amide bonds. The average molecular weight is 326 g/mol. The number of anilines is 1. The molecule has 0 saturated carbocycles. The lowest BCUT2D eigenvalue weighted by molar-refractivity contribution is -0.146. The number of carbonyl (C=O) groups is 3. The maximum absolute atomic E-state index is 12.1. The monoisotopic (exact) mass is 326 g/mol. The summed E-state index contributed by atoms with van der Waals surface area (Å²) in [4.78, 5) is 41.2. The molecule has 0 spiro atoms. The highest BCUT2D eigenvalue weighted by molar-refractivity contribution is 7.13. The number of nitrogens with one attached hydrogen (secondary N) is 2. The van der Waals surface area contributed by atoms with Crippen LogP contribution in [0.1, 0.15) is 12.1 Å². The zero-order valence-electron chi connectivity index (χ0n) is 12.4. The first kappa shape index (κ1) is 16.4. The van der Waals surface area contributed by atoms with Crippen LogP contribution in [0.4, 0.5) is 5.13 Å². The van der Waals surface area contributed by atoms with Gasteiger partial charge < -0.3 is 15.4 Å². The van der Waals surface area contributed by atoms with E-state index in [1.54, 1.807) is 4.90 Å². The summed E-state index contributed by atoms with van der Waals surface area (Å²) in [6.45, 7) is 2.80. The number of thiazole rings is 1. The molecule has 0 bridgehead atoms. The molecule has 1 aromatic rings. The molecule has 1 aromatic heterocycles. The number of hydrogen-bond donors (Lipinski definition) is 2. The molecule has 0 aliphatic carbocycles. The van der Waals surface area contributed by atoms with Crippen molar-refractivity contribution in [2.24, 2.45) is 0 Å². The molecule has 120 valence electrons. The van der Waals surface area contributed by atoms with Gasteiger partial charge in [0.15, 0.2) is 5.13 Å². The first-order chi connectivity index (χ1) is 10.5. The third-order valence-electron chi connectivity index (χ3n) is 3.24. The van der Waals surface area contributed by atoms with Gasteiger partial charge in [0.1, 0.15) is 6.04 Å². The summed E-state index contributed by atoms with van der Waals surface area (Å²) in [5.74, 6) is -1.02. The molecule has 2 rings (SSSR count). The Morgan fingerprint density at radius 3 is 3.00 bits per heavy atom. The fourth-order valence-electron chi connectivity index (χ4n) is 2.17. The number of aryl methyl sites for hydroxylation is 1. The SMILES string of the molecule is COC(=O)CC1C(=O)NCCN1CC(=O)Nc1nc(C)cs1. The quantitative estimate of drug-likeness (QED) is 0.724. The van der Waals surface area contributed by atoms with E-state index in [1.807, 2.05) is 12.3 Å². The van der Waals surface area contributed by atoms with Gasteiger partial charge >= 0.3 is 5.97 Å². The Hall–Kier alpha value is -2.00. The van der Waals surface area contributed by atoms with Gasteiger partial charge in [-0.05, 0) is 6.92 Å². The molecule has 0 aromatic carbocycles. The molecule has 0 radical (unpaired) electrons. The van der Waals surface area contributed by atoms with Crippen LogP contribution in [0, 0.1) is 6.92 Å². The molecule has 1 aliphatic rings. The van der Waals surface area contributed by atoms with Crippen molar-refractivity contribution in [3.8, 4) is 0 Å². The standard InChI is InChI=1S/C13H18N4O4S/c1-8-7-22-13(15-8)16-10(18)6-17-4-3-14-12(20)9(17)5-11(19)21-2/h7,9H,3-6H2,1-2H3,(H,14,20)(H,15,16,18). The lowest BCUT2D eigenvalue weighted by Gasteiger charge is -2.33. The fraction of sp³-hybridized carbons (Fsp3) is 0.538. The van der Waals surface area contributed by atoms with E-state index in [-0.39, 0.29) is 24.8 Å². The Labute approximate surface area is 131 Å². The normalized spacial score (nSPS) is 18.6. The van der Waals surface area contributed by atoms with Crippen molar-refractivity contribution in [3.05, 3.63) is 11.1 Å². The minimum absolute atomic E-state index is 0.0215. The second-order valence-electron chi connectivity index (χ2n) is 4.90. The third-order valence-corrected chi connectivity index (χ3v) is 4.12. The number of rotatable bonds is 5. The van der Waals surface area contributed by atoms with Crippen molar-refractivity contribution in [3.63, 3.8) is 0 Å². The zero-order chi connectivity index (χ0) is 16.1. The van der Waals surface area contributed by atoms with Crippen LogP contribution in [0.2, 0.25) is 0 Å². The molecule has 2 N–H and O–H groups in total. The van der Waals surface area contributed by atoms with E-state index in [4.69, 9.17) is 0 Å². The zero-order valence-corrected chi connectivity index (χ0v) is 13.2. The first-order valence-corrected chi connectivity index (χ1v) is 7.68. The topological polar surface area (TPSA) is 101 Å². The number of aromatic nitrogens is 1. The van der Waals surface area contributed by atoms with Gasteiger partial charge in [0.05, 0.1) is 25.8 Å². The molecule has 8 nitrogen and oxygen atoms in total. The molecule has 2 heterocycles. The number of hydrogen-bond acceptors (Lipinski definition) is 7. The van der Waals surface area contributed by atoms with E-state index >= 15 is 0 Å². The Morgan fingerprint density at radius 2 is 2.36 bits per heavy atom. The van der Waals surface area contributed by atoms with Gasteiger partial charge in [-0.2, -0.15) is 0 Å². The van der Waals surface area contributed by atoms with Crippen LogP contribution >= 0.6 is 11.3 Å². The van der Waals surface area contributed by atoms with Crippen molar-refractivity contribution >= 4 is 34.3 Å². The predicted octanol–water partition coefficient (Wildman–Crippen LogP) is -0.246. The molecule has 9 heteroatoms. The molecule has 22 heavy (non-hydrogen) atoms. The van der Waals surface area contributed by atoms with Crippen LogP contribution in [0.3, 0.4) is 0 Å². The largest absolute Gasteiger partial charge is 0.469 e. The number of carbonyl (C=O) groups excluding carboxylic acids is 3. The number of piperazine rings is 1. The minimum Gasteiger partial charge on any atom is -0.469 e. The van der Waals surface area contributed by atoms with Crippen LogP contribution in [0.15, 0.2) is 5.38 Å². The van der Waals surface area contributed by atoms with E-state index in [9.17, 15) is 14.4 Å². The summed E-state index contributed by atoms with van der Waals surface area (Å²) in [6.07, 6.45) is -0.0774. The Kier molecular flexibility index (Phi) is 5.45. The van der Waals surface area contributed by atoms with Gasteiger partial charge in [0, 0.05) is 18.5 Å². The van der Waals surface area contributed by atoms with E-state index in [0.29, 0.717) is 18.2 Å². The van der Waals surface area contributed by atoms with Crippen molar-refractivity contribution < 1.29 is 19.1 Å². The van der Waals surface area contributed by atoms with Crippen LogP contribution in [0.25, 0.3) is 0 Å². The summed E-state index contributed by atoms with van der Waals surface area (Å²) in [5.41, 5.74) is 0.834. The van der Waals surface area contributed by atoms with Gasteiger partial charge in [-0.3, -0.25) is 19.3 Å². The number of ether oxygens (including phenoxy) is 1. The highest BCUT2D eigenvalue weighted by Crippen LogP contribution is 2.15. The van der Waals surface area contributed by atoms with Crippen molar-refractivity contribution in [2.75, 3.05) is 32.1 Å². The summed E-state index contributed by atoms with van der Waals surface area (Å²) < 4.78 is 4.60. The molecule has 1 atom stereocenters. The van der Waals surface area contributed by atoms with Gasteiger partial charge in [0.2, 0.25) is 11.8 Å². The molecule has 1 saturated heterocycles. The van der Waals surface area contributed by atoms with Crippen LogP contribution in [-0.4, -0.2) is 60.5 Å². The van der Waals surface area contributed by atoms with Crippen LogP contribution < -0.4 is 10.6 Å². The summed E-state index contributed by atoms with van der Waals surface area (Å²) in [5, 5.41) is 7.74. The molecular weight excluding hydrogens is 308 g/mol. The average Bonchev–Trinajstić information content (AvgIpc) is 2.87. The van der Waals surface area contributed by atoms with Gasteiger partial charge in [-0.1, -0.05) is 0 Å². The van der Waals surface area contributed by atoms with Crippen molar-refractivity contribution in [2.45, 2.75) is 19.4 Å². The summed E-state index contributed by atoms with van der Waals surface area (Å²) >= 11 is 1.34. The summed E-state index contributed by atoms with van der Waals surface area (Å²) in [6, 6.07) is -0.690. The Bertz CT molecular complexity index is 574. The van der Waals surface area contributed by atoms with Gasteiger partial charge in [-0.25, -0.2) is 4.98 Å². The number of methoxy groups -OCH3 is 1. The summed E-state index contributed by atoms with van der Waals surface area (Å²) in [7, 11) is 1.27. The van der Waals surface area contributed by atoms with E-state index in [2.05, 4.69) is 20.4 Å². The van der Waals surface area contributed by atoms with E-state index < -0.39 is 12.0 Å². The molecule has 1 fully saturated rings. The second-order valence-corrected chi connectivity index (χ2v) is 5.76. The van der Waals surface area contributed by atoms with Crippen LogP contribution in [-0.2, 0) is 19.1 Å². The smallest absolute Gasteiger partial charge is 0.307 e. The molecule has 1 unspecified atom stereocenters. The van der Waals surface area contributed by atoms with E-state index in [0.717, 1.165) is 5.69 Å². The molecular formula is C13H18N4O4S. The van der Waals surface area contributed by atoms with Gasteiger partial charge in [-0.15, -0.1) is 11.3 Å². The van der Waals surface area contributed by atoms with Gasteiger partial charge in [0.25, 0.3) is 0 Å². The predicted molar refractivity (Wildman–Crippen MR) is 80.5 cm³/mol. The Morgan fingerprint density at radius 1 is 1.59 bits per heavy atom. The van der Waals surface area contributed by atoms with Crippen LogP contribution in [0.5, 0.6) is 0 Å². The van der Waals surface area contributed by atoms with E-state index in [1.165, 1.54) is 18.4 Å².